The first kappa shape index (κ1) is 28.8. The molecule has 0 fully saturated rings. The van der Waals surface area contributed by atoms with Crippen molar-refractivity contribution in [3.05, 3.63) is 95.8 Å². The topological polar surface area (TPSA) is 86.8 Å². The molecular weight excluding hydrogens is 505 g/mol. The van der Waals surface area contributed by atoms with Gasteiger partial charge >= 0.3 is 0 Å². The molecule has 0 aliphatic rings. The summed E-state index contributed by atoms with van der Waals surface area (Å²) in [5.41, 5.74) is 1.38. The molecule has 0 radical (unpaired) electrons. The van der Waals surface area contributed by atoms with Gasteiger partial charge in [0.05, 0.1) is 10.6 Å². The Labute approximate surface area is 224 Å². The van der Waals surface area contributed by atoms with Crippen molar-refractivity contribution < 1.29 is 22.4 Å². The Morgan fingerprint density at radius 3 is 2.11 bits per heavy atom. The Balaban J connectivity index is 2.06. The molecule has 0 aromatic heterocycles. The van der Waals surface area contributed by atoms with Gasteiger partial charge in [-0.05, 0) is 57.0 Å². The smallest absolute Gasteiger partial charge is 0.264 e. The van der Waals surface area contributed by atoms with Gasteiger partial charge in [-0.2, -0.15) is 0 Å². The molecule has 0 saturated heterocycles. The van der Waals surface area contributed by atoms with E-state index in [1.165, 1.54) is 35.2 Å². The van der Waals surface area contributed by atoms with E-state index in [1.807, 2.05) is 51.1 Å². The fourth-order valence-corrected chi connectivity index (χ4v) is 5.51. The number of hydrogen-bond donors (Lipinski definition) is 1. The van der Waals surface area contributed by atoms with Gasteiger partial charge in [0, 0.05) is 12.6 Å². The van der Waals surface area contributed by atoms with Gasteiger partial charge in [-0.1, -0.05) is 67.1 Å². The first-order valence-electron chi connectivity index (χ1n) is 12.5. The van der Waals surface area contributed by atoms with E-state index in [0.29, 0.717) is 6.42 Å². The van der Waals surface area contributed by atoms with Gasteiger partial charge in [0.25, 0.3) is 10.0 Å². The van der Waals surface area contributed by atoms with Crippen molar-refractivity contribution in [3.63, 3.8) is 0 Å². The number of para-hydroxylation sites is 1. The van der Waals surface area contributed by atoms with E-state index >= 15 is 0 Å². The monoisotopic (exact) mass is 539 g/mol. The number of anilines is 1. The van der Waals surface area contributed by atoms with E-state index in [9.17, 15) is 22.4 Å². The third-order valence-corrected chi connectivity index (χ3v) is 7.80. The molecule has 202 valence electrons. The number of carbonyl (C=O) groups excluding carboxylic acids is 2. The van der Waals surface area contributed by atoms with Crippen molar-refractivity contribution in [2.45, 2.75) is 57.6 Å². The number of nitrogens with one attached hydrogen (secondary N) is 1. The van der Waals surface area contributed by atoms with Crippen LogP contribution in [0.5, 0.6) is 0 Å². The van der Waals surface area contributed by atoms with Gasteiger partial charge in [0.2, 0.25) is 11.8 Å². The molecule has 0 aliphatic carbocycles. The van der Waals surface area contributed by atoms with Crippen LogP contribution in [0.4, 0.5) is 10.1 Å². The standard InChI is InChI=1S/C29H34FN3O4S/c1-5-26(29(35)31-21(2)3)32(19-23-11-7-6-8-12-23)28(34)20-33(27-14-10-9-13-25(27)30)38(36,37)24-17-15-22(4)16-18-24/h6-18,21,26H,5,19-20H2,1-4H3,(H,31,35). The molecule has 0 spiro atoms. The summed E-state index contributed by atoms with van der Waals surface area (Å²) in [5.74, 6) is -1.75. The summed E-state index contributed by atoms with van der Waals surface area (Å²) in [5, 5.41) is 2.85. The highest BCUT2D eigenvalue weighted by Gasteiger charge is 2.34. The lowest BCUT2D eigenvalue weighted by Gasteiger charge is -2.33. The van der Waals surface area contributed by atoms with Crippen LogP contribution < -0.4 is 9.62 Å². The summed E-state index contributed by atoms with van der Waals surface area (Å²) in [4.78, 5) is 28.3. The van der Waals surface area contributed by atoms with Crippen LogP contribution in [0.1, 0.15) is 38.3 Å². The number of aryl methyl sites for hydroxylation is 1. The second-order valence-corrected chi connectivity index (χ2v) is 11.2. The predicted molar refractivity (Wildman–Crippen MR) is 146 cm³/mol. The van der Waals surface area contributed by atoms with Gasteiger partial charge in [-0.3, -0.25) is 13.9 Å². The van der Waals surface area contributed by atoms with Crippen LogP contribution in [0.15, 0.2) is 83.8 Å². The minimum Gasteiger partial charge on any atom is -0.352 e. The van der Waals surface area contributed by atoms with Crippen LogP contribution >= 0.6 is 0 Å². The average Bonchev–Trinajstić information content (AvgIpc) is 2.88. The van der Waals surface area contributed by atoms with Crippen LogP contribution in [0.2, 0.25) is 0 Å². The van der Waals surface area contributed by atoms with E-state index < -0.39 is 34.3 Å². The zero-order valence-corrected chi connectivity index (χ0v) is 22.9. The molecule has 1 N–H and O–H groups in total. The number of amides is 2. The van der Waals surface area contributed by atoms with Crippen LogP contribution in [0.3, 0.4) is 0 Å². The quantitative estimate of drug-likeness (QED) is 0.384. The predicted octanol–water partition coefficient (Wildman–Crippen LogP) is 4.66. The molecule has 0 bridgehead atoms. The third kappa shape index (κ3) is 6.98. The average molecular weight is 540 g/mol. The normalized spacial score (nSPS) is 12.2. The molecule has 3 aromatic rings. The first-order chi connectivity index (χ1) is 18.0. The van der Waals surface area contributed by atoms with Crippen molar-refractivity contribution in [1.29, 1.82) is 0 Å². The van der Waals surface area contributed by atoms with Gasteiger partial charge < -0.3 is 10.2 Å². The van der Waals surface area contributed by atoms with Crippen molar-refractivity contribution >= 4 is 27.5 Å². The molecule has 7 nitrogen and oxygen atoms in total. The lowest BCUT2D eigenvalue weighted by molar-refractivity contribution is -0.140. The number of rotatable bonds is 11. The highest BCUT2D eigenvalue weighted by Crippen LogP contribution is 2.27. The Hall–Kier alpha value is -3.72. The molecule has 3 rings (SSSR count). The highest BCUT2D eigenvalue weighted by atomic mass is 32.2. The Kier molecular flexibility index (Phi) is 9.63. The summed E-state index contributed by atoms with van der Waals surface area (Å²) in [7, 11) is -4.32. The minimum atomic E-state index is -4.32. The summed E-state index contributed by atoms with van der Waals surface area (Å²) in [6.45, 7) is 6.65. The second-order valence-electron chi connectivity index (χ2n) is 9.37. The van der Waals surface area contributed by atoms with Crippen molar-refractivity contribution in [2.24, 2.45) is 0 Å². The largest absolute Gasteiger partial charge is 0.352 e. The van der Waals surface area contributed by atoms with Crippen LogP contribution in [0.25, 0.3) is 0 Å². The lowest BCUT2D eigenvalue weighted by atomic mass is 10.1. The maximum atomic E-state index is 14.9. The third-order valence-electron chi connectivity index (χ3n) is 6.02. The fourth-order valence-electron chi connectivity index (χ4n) is 4.09. The molecule has 1 unspecified atom stereocenters. The highest BCUT2D eigenvalue weighted by molar-refractivity contribution is 7.92. The summed E-state index contributed by atoms with van der Waals surface area (Å²) in [6.07, 6.45) is 0.307. The molecule has 38 heavy (non-hydrogen) atoms. The molecule has 9 heteroatoms. The van der Waals surface area contributed by atoms with Crippen LogP contribution in [-0.4, -0.2) is 43.8 Å². The zero-order valence-electron chi connectivity index (χ0n) is 22.1. The number of carbonyl (C=O) groups is 2. The Morgan fingerprint density at radius 1 is 0.921 bits per heavy atom. The Morgan fingerprint density at radius 2 is 1.53 bits per heavy atom. The molecule has 1 atom stereocenters. The molecule has 0 aliphatic heterocycles. The number of halogens is 1. The van der Waals surface area contributed by atoms with Gasteiger partial charge in [-0.15, -0.1) is 0 Å². The van der Waals surface area contributed by atoms with Crippen molar-refractivity contribution in [2.75, 3.05) is 10.8 Å². The van der Waals surface area contributed by atoms with E-state index in [2.05, 4.69) is 5.32 Å². The van der Waals surface area contributed by atoms with Crippen LogP contribution in [-0.2, 0) is 26.2 Å². The second kappa shape index (κ2) is 12.7. The molecular formula is C29H34FN3O4S. The summed E-state index contributed by atoms with van der Waals surface area (Å²) < 4.78 is 43.2. The summed E-state index contributed by atoms with van der Waals surface area (Å²) in [6, 6.07) is 19.7. The number of benzene rings is 3. The Bertz CT molecular complexity index is 1350. The SMILES string of the molecule is CCC(C(=O)NC(C)C)N(Cc1ccccc1)C(=O)CN(c1ccccc1F)S(=O)(=O)c1ccc(C)cc1. The molecule has 0 saturated carbocycles. The van der Waals surface area contributed by atoms with E-state index in [1.54, 1.807) is 19.1 Å². The van der Waals surface area contributed by atoms with Crippen LogP contribution in [0, 0.1) is 12.7 Å². The summed E-state index contributed by atoms with van der Waals surface area (Å²) >= 11 is 0. The maximum Gasteiger partial charge on any atom is 0.264 e. The molecule has 3 aromatic carbocycles. The van der Waals surface area contributed by atoms with Gasteiger partial charge in [0.1, 0.15) is 18.4 Å². The van der Waals surface area contributed by atoms with E-state index in [4.69, 9.17) is 0 Å². The van der Waals surface area contributed by atoms with Gasteiger partial charge in [0.15, 0.2) is 0 Å². The number of hydrogen-bond acceptors (Lipinski definition) is 4. The van der Waals surface area contributed by atoms with Crippen molar-refractivity contribution in [3.8, 4) is 0 Å². The van der Waals surface area contributed by atoms with Gasteiger partial charge in [-0.25, -0.2) is 12.8 Å². The van der Waals surface area contributed by atoms with E-state index in [-0.39, 0.29) is 29.1 Å². The maximum absolute atomic E-state index is 14.9. The van der Waals surface area contributed by atoms with E-state index in [0.717, 1.165) is 21.5 Å². The number of nitrogens with zero attached hydrogens (tertiary/aromatic N) is 2. The lowest BCUT2D eigenvalue weighted by Crippen LogP contribution is -2.53. The van der Waals surface area contributed by atoms with Crippen molar-refractivity contribution in [1.82, 2.24) is 10.2 Å². The minimum absolute atomic E-state index is 0.0710. The fraction of sp³-hybridized carbons (Fsp3) is 0.310. The first-order valence-corrected chi connectivity index (χ1v) is 14.0. The molecule has 2 amide bonds. The molecule has 0 heterocycles. The zero-order chi connectivity index (χ0) is 27.9. The number of sulfonamides is 1.